The normalized spacial score (nSPS) is 10.9. The minimum atomic E-state index is -0.282. The van der Waals surface area contributed by atoms with Crippen LogP contribution in [0, 0.1) is 0 Å². The van der Waals surface area contributed by atoms with Crippen LogP contribution in [0.1, 0.15) is 16.7 Å². The first-order chi connectivity index (χ1) is 16.5. The summed E-state index contributed by atoms with van der Waals surface area (Å²) in [6.45, 7) is 0. The SMILES string of the molecule is COc1ccc(NC(=O)/C=C/c2ccccc2N)c(/C=C/c2cc(OC)c(OC)c(OC)c2)c1. The number of carbonyl (C=O) groups is 1. The molecule has 0 saturated heterocycles. The van der Waals surface area contributed by atoms with Gasteiger partial charge in [0.05, 0.1) is 28.4 Å². The highest BCUT2D eigenvalue weighted by Crippen LogP contribution is 2.38. The first kappa shape index (κ1) is 24.3. The van der Waals surface area contributed by atoms with Crippen LogP contribution in [0.15, 0.2) is 60.7 Å². The third-order valence-electron chi connectivity index (χ3n) is 5.07. The van der Waals surface area contributed by atoms with E-state index in [1.807, 2.05) is 48.6 Å². The number of ether oxygens (including phenoxy) is 4. The number of rotatable bonds is 9. The van der Waals surface area contributed by atoms with E-state index in [4.69, 9.17) is 24.7 Å². The number of methoxy groups -OCH3 is 4. The van der Waals surface area contributed by atoms with Gasteiger partial charge >= 0.3 is 0 Å². The van der Waals surface area contributed by atoms with E-state index in [0.29, 0.717) is 34.4 Å². The van der Waals surface area contributed by atoms with E-state index in [1.165, 1.54) is 6.08 Å². The van der Waals surface area contributed by atoms with Crippen LogP contribution in [0.4, 0.5) is 11.4 Å². The molecule has 1 amide bonds. The summed E-state index contributed by atoms with van der Waals surface area (Å²) >= 11 is 0. The Morgan fingerprint density at radius 3 is 2.12 bits per heavy atom. The van der Waals surface area contributed by atoms with Crippen molar-refractivity contribution >= 4 is 35.5 Å². The van der Waals surface area contributed by atoms with Gasteiger partial charge in [-0.15, -0.1) is 0 Å². The molecule has 176 valence electrons. The molecule has 0 atom stereocenters. The zero-order valence-electron chi connectivity index (χ0n) is 19.6. The molecule has 0 bridgehead atoms. The van der Waals surface area contributed by atoms with E-state index in [-0.39, 0.29) is 5.91 Å². The van der Waals surface area contributed by atoms with Crippen LogP contribution >= 0.6 is 0 Å². The summed E-state index contributed by atoms with van der Waals surface area (Å²) in [6.07, 6.45) is 6.88. The Balaban J connectivity index is 1.88. The smallest absolute Gasteiger partial charge is 0.248 e. The van der Waals surface area contributed by atoms with Crippen molar-refractivity contribution in [2.24, 2.45) is 0 Å². The summed E-state index contributed by atoms with van der Waals surface area (Å²) in [6, 6.07) is 16.4. The Hall–Kier alpha value is -4.39. The van der Waals surface area contributed by atoms with E-state index < -0.39 is 0 Å². The summed E-state index contributed by atoms with van der Waals surface area (Å²) in [7, 11) is 6.28. The first-order valence-electron chi connectivity index (χ1n) is 10.5. The van der Waals surface area contributed by atoms with Gasteiger partial charge in [-0.1, -0.05) is 30.4 Å². The largest absolute Gasteiger partial charge is 0.497 e. The monoisotopic (exact) mass is 460 g/mol. The second-order valence-corrected chi connectivity index (χ2v) is 7.20. The molecule has 34 heavy (non-hydrogen) atoms. The zero-order chi connectivity index (χ0) is 24.5. The molecule has 3 N–H and O–H groups in total. The van der Waals surface area contributed by atoms with Gasteiger partial charge in [0.25, 0.3) is 0 Å². The third kappa shape index (κ3) is 5.89. The van der Waals surface area contributed by atoms with Gasteiger partial charge in [0.1, 0.15) is 5.75 Å². The maximum Gasteiger partial charge on any atom is 0.248 e. The molecule has 0 aliphatic rings. The number of nitrogens with one attached hydrogen (secondary N) is 1. The van der Waals surface area contributed by atoms with Crippen molar-refractivity contribution in [1.82, 2.24) is 0 Å². The maximum atomic E-state index is 12.6. The minimum absolute atomic E-state index is 0.282. The Bertz CT molecular complexity index is 1190. The van der Waals surface area contributed by atoms with Crippen molar-refractivity contribution in [1.29, 1.82) is 0 Å². The Labute approximate surface area is 199 Å². The average molecular weight is 461 g/mol. The lowest BCUT2D eigenvalue weighted by molar-refractivity contribution is -0.111. The Morgan fingerprint density at radius 1 is 0.794 bits per heavy atom. The van der Waals surface area contributed by atoms with Gasteiger partial charge in [-0.25, -0.2) is 0 Å². The van der Waals surface area contributed by atoms with Crippen LogP contribution in [0.3, 0.4) is 0 Å². The fourth-order valence-corrected chi connectivity index (χ4v) is 3.31. The second kappa shape index (κ2) is 11.5. The highest BCUT2D eigenvalue weighted by atomic mass is 16.5. The van der Waals surface area contributed by atoms with Crippen molar-refractivity contribution in [3.63, 3.8) is 0 Å². The number of para-hydroxylation sites is 1. The van der Waals surface area contributed by atoms with Crippen molar-refractivity contribution in [3.05, 3.63) is 77.4 Å². The molecule has 0 aliphatic carbocycles. The summed E-state index contributed by atoms with van der Waals surface area (Å²) < 4.78 is 21.6. The molecule has 0 saturated carbocycles. The predicted molar refractivity (Wildman–Crippen MR) is 137 cm³/mol. The highest BCUT2D eigenvalue weighted by Gasteiger charge is 2.12. The van der Waals surface area contributed by atoms with Crippen molar-refractivity contribution in [3.8, 4) is 23.0 Å². The van der Waals surface area contributed by atoms with Crippen molar-refractivity contribution in [2.45, 2.75) is 0 Å². The van der Waals surface area contributed by atoms with Gasteiger partial charge in [0.15, 0.2) is 11.5 Å². The summed E-state index contributed by atoms with van der Waals surface area (Å²) in [5.41, 5.74) is 9.52. The molecular weight excluding hydrogens is 432 g/mol. The molecule has 0 aromatic heterocycles. The molecule has 7 heteroatoms. The quantitative estimate of drug-likeness (QED) is 0.261. The molecule has 0 aliphatic heterocycles. The van der Waals surface area contributed by atoms with E-state index >= 15 is 0 Å². The number of amides is 1. The third-order valence-corrected chi connectivity index (χ3v) is 5.07. The Kier molecular flexibility index (Phi) is 8.18. The van der Waals surface area contributed by atoms with Crippen LogP contribution in [0.25, 0.3) is 18.2 Å². The fraction of sp³-hybridized carbons (Fsp3) is 0.148. The van der Waals surface area contributed by atoms with Gasteiger partial charge in [0, 0.05) is 23.0 Å². The van der Waals surface area contributed by atoms with Crippen LogP contribution in [-0.4, -0.2) is 34.3 Å². The Morgan fingerprint density at radius 2 is 1.50 bits per heavy atom. The van der Waals surface area contributed by atoms with E-state index in [0.717, 1.165) is 16.7 Å². The molecule has 3 aromatic rings. The van der Waals surface area contributed by atoms with Crippen LogP contribution < -0.4 is 30.0 Å². The summed E-state index contributed by atoms with van der Waals surface area (Å²) in [5.74, 6) is 1.99. The number of carbonyl (C=O) groups excluding carboxylic acids is 1. The standard InChI is InChI=1S/C27H28N2O5/c1-31-21-12-13-23(29-26(30)14-11-19-7-5-6-8-22(19)28)20(17-21)10-9-18-15-24(32-2)27(34-4)25(16-18)33-3/h5-17H,28H2,1-4H3,(H,29,30)/b10-9+,14-11+. The molecule has 0 heterocycles. The van der Waals surface area contributed by atoms with E-state index in [9.17, 15) is 4.79 Å². The van der Waals surface area contributed by atoms with Gasteiger partial charge in [-0.2, -0.15) is 0 Å². The number of nitrogens with two attached hydrogens (primary N) is 1. The maximum absolute atomic E-state index is 12.6. The predicted octanol–water partition coefficient (Wildman–Crippen LogP) is 5.13. The zero-order valence-corrected chi connectivity index (χ0v) is 19.6. The molecule has 0 unspecified atom stereocenters. The lowest BCUT2D eigenvalue weighted by Gasteiger charge is -2.13. The molecule has 3 rings (SSSR count). The molecule has 3 aromatic carbocycles. The molecular formula is C27H28N2O5. The van der Waals surface area contributed by atoms with Gasteiger partial charge < -0.3 is 30.0 Å². The molecule has 0 spiro atoms. The lowest BCUT2D eigenvalue weighted by Crippen LogP contribution is -2.09. The van der Waals surface area contributed by atoms with E-state index in [2.05, 4.69) is 5.32 Å². The second-order valence-electron chi connectivity index (χ2n) is 7.20. The van der Waals surface area contributed by atoms with Gasteiger partial charge in [0.2, 0.25) is 11.7 Å². The van der Waals surface area contributed by atoms with Crippen LogP contribution in [-0.2, 0) is 4.79 Å². The highest BCUT2D eigenvalue weighted by molar-refractivity contribution is 6.03. The number of nitrogen functional groups attached to an aromatic ring is 1. The molecule has 0 fully saturated rings. The van der Waals surface area contributed by atoms with Gasteiger partial charge in [-0.05, 0) is 53.6 Å². The molecule has 7 nitrogen and oxygen atoms in total. The fourth-order valence-electron chi connectivity index (χ4n) is 3.31. The summed E-state index contributed by atoms with van der Waals surface area (Å²) in [5, 5.41) is 2.91. The lowest BCUT2D eigenvalue weighted by atomic mass is 10.1. The van der Waals surface area contributed by atoms with Crippen molar-refractivity contribution in [2.75, 3.05) is 39.5 Å². The number of hydrogen-bond donors (Lipinski definition) is 2. The average Bonchev–Trinajstić information content (AvgIpc) is 2.86. The minimum Gasteiger partial charge on any atom is -0.497 e. The number of hydrogen-bond acceptors (Lipinski definition) is 6. The van der Waals surface area contributed by atoms with E-state index in [1.54, 1.807) is 52.7 Å². The topological polar surface area (TPSA) is 92.0 Å². The number of benzene rings is 3. The van der Waals surface area contributed by atoms with Crippen molar-refractivity contribution < 1.29 is 23.7 Å². The van der Waals surface area contributed by atoms with Gasteiger partial charge in [-0.3, -0.25) is 4.79 Å². The number of anilines is 2. The summed E-state index contributed by atoms with van der Waals surface area (Å²) in [4.78, 5) is 12.6. The molecule has 0 radical (unpaired) electrons. The van der Waals surface area contributed by atoms with Crippen LogP contribution in [0.2, 0.25) is 0 Å². The van der Waals surface area contributed by atoms with Crippen LogP contribution in [0.5, 0.6) is 23.0 Å². The first-order valence-corrected chi connectivity index (χ1v) is 10.5.